The molecule has 0 saturated heterocycles. The van der Waals surface area contributed by atoms with Gasteiger partial charge in [0.2, 0.25) is 0 Å². The summed E-state index contributed by atoms with van der Waals surface area (Å²) in [5, 5.41) is 0. The van der Waals surface area contributed by atoms with E-state index in [1.54, 1.807) is 13.1 Å². The molecule has 0 saturated carbocycles. The number of imidazole rings is 1. The lowest BCUT2D eigenvalue weighted by Crippen LogP contribution is -1.98. The molecule has 72 valence electrons. The fraction of sp³-hybridized carbons (Fsp3) is 0.100. The van der Waals surface area contributed by atoms with E-state index in [9.17, 15) is 8.78 Å². The van der Waals surface area contributed by atoms with Crippen LogP contribution < -0.4 is 0 Å². The molecule has 1 aromatic heterocycles. The van der Waals surface area contributed by atoms with E-state index in [4.69, 9.17) is 0 Å². The number of hydrogen-bond donors (Lipinski definition) is 0. The Balaban J connectivity index is 2.61. The van der Waals surface area contributed by atoms with Gasteiger partial charge in [0.15, 0.2) is 0 Å². The third-order valence-corrected chi connectivity index (χ3v) is 1.91. The van der Waals surface area contributed by atoms with Crippen molar-refractivity contribution >= 4 is 0 Å². The van der Waals surface area contributed by atoms with Gasteiger partial charge in [-0.25, -0.2) is 13.8 Å². The predicted molar refractivity (Wildman–Crippen MR) is 48.2 cm³/mol. The molecule has 0 atom stereocenters. The Bertz CT molecular complexity index is 443. The van der Waals surface area contributed by atoms with Gasteiger partial charge in [0, 0.05) is 6.20 Å². The summed E-state index contributed by atoms with van der Waals surface area (Å²) in [6.45, 7) is 1.76. The number of halogens is 2. The highest BCUT2D eigenvalue weighted by atomic mass is 19.1. The van der Waals surface area contributed by atoms with Crippen molar-refractivity contribution in [2.45, 2.75) is 6.92 Å². The van der Waals surface area contributed by atoms with E-state index >= 15 is 0 Å². The first-order valence-electron chi connectivity index (χ1n) is 4.13. The van der Waals surface area contributed by atoms with Crippen LogP contribution in [0.1, 0.15) is 5.69 Å². The van der Waals surface area contributed by atoms with Gasteiger partial charge < -0.3 is 4.57 Å². The van der Waals surface area contributed by atoms with Crippen molar-refractivity contribution in [1.82, 2.24) is 9.55 Å². The quantitative estimate of drug-likeness (QED) is 0.681. The second kappa shape index (κ2) is 3.21. The lowest BCUT2D eigenvalue weighted by molar-refractivity contribution is 0.569. The SMILES string of the molecule is Cc1cn(-c2c(F)cccc2F)cn1. The zero-order valence-corrected chi connectivity index (χ0v) is 7.54. The third kappa shape index (κ3) is 1.39. The van der Waals surface area contributed by atoms with Crippen LogP contribution in [0.4, 0.5) is 8.78 Å². The summed E-state index contributed by atoms with van der Waals surface area (Å²) in [6, 6.07) is 3.76. The number of para-hydroxylation sites is 1. The van der Waals surface area contributed by atoms with Gasteiger partial charge in [0.05, 0.1) is 12.0 Å². The van der Waals surface area contributed by atoms with Gasteiger partial charge in [0.25, 0.3) is 0 Å². The molecule has 0 fully saturated rings. The highest BCUT2D eigenvalue weighted by Gasteiger charge is 2.09. The molecule has 0 aliphatic rings. The first kappa shape index (κ1) is 8.87. The summed E-state index contributed by atoms with van der Waals surface area (Å²) in [6.07, 6.45) is 2.96. The largest absolute Gasteiger partial charge is 0.301 e. The molecule has 0 amide bonds. The Morgan fingerprint density at radius 3 is 2.36 bits per heavy atom. The Morgan fingerprint density at radius 1 is 1.21 bits per heavy atom. The molecule has 2 aromatic rings. The standard InChI is InChI=1S/C10H8F2N2/c1-7-5-14(6-13-7)10-8(11)3-2-4-9(10)12/h2-6H,1H3. The summed E-state index contributed by atoms with van der Waals surface area (Å²) >= 11 is 0. The van der Waals surface area contributed by atoms with Crippen molar-refractivity contribution in [3.63, 3.8) is 0 Å². The fourth-order valence-electron chi connectivity index (χ4n) is 1.28. The Hall–Kier alpha value is -1.71. The maximum Gasteiger partial charge on any atom is 0.150 e. The Morgan fingerprint density at radius 2 is 1.86 bits per heavy atom. The molecule has 2 rings (SSSR count). The van der Waals surface area contributed by atoms with Crippen LogP contribution in [0.2, 0.25) is 0 Å². The molecular formula is C10H8F2N2. The van der Waals surface area contributed by atoms with Crippen LogP contribution in [0.5, 0.6) is 0 Å². The molecule has 0 bridgehead atoms. The minimum atomic E-state index is -0.595. The van der Waals surface area contributed by atoms with E-state index in [1.807, 2.05) is 0 Å². The number of aryl methyl sites for hydroxylation is 1. The van der Waals surface area contributed by atoms with Gasteiger partial charge in [0.1, 0.15) is 17.3 Å². The van der Waals surface area contributed by atoms with Crippen molar-refractivity contribution in [2.75, 3.05) is 0 Å². The maximum absolute atomic E-state index is 13.3. The predicted octanol–water partition coefficient (Wildman–Crippen LogP) is 2.46. The third-order valence-electron chi connectivity index (χ3n) is 1.91. The topological polar surface area (TPSA) is 17.8 Å². The van der Waals surface area contributed by atoms with E-state index in [2.05, 4.69) is 4.98 Å². The summed E-state index contributed by atoms with van der Waals surface area (Å²) in [5.74, 6) is -1.19. The normalized spacial score (nSPS) is 10.5. The molecule has 1 heterocycles. The second-order valence-electron chi connectivity index (χ2n) is 2.99. The molecule has 0 unspecified atom stereocenters. The molecule has 1 aromatic carbocycles. The first-order chi connectivity index (χ1) is 6.68. The van der Waals surface area contributed by atoms with Gasteiger partial charge in [-0.2, -0.15) is 0 Å². The molecule has 4 heteroatoms. The minimum Gasteiger partial charge on any atom is -0.301 e. The molecular weight excluding hydrogens is 186 g/mol. The van der Waals surface area contributed by atoms with Crippen LogP contribution in [-0.2, 0) is 0 Å². The highest BCUT2D eigenvalue weighted by Crippen LogP contribution is 2.17. The van der Waals surface area contributed by atoms with Crippen molar-refractivity contribution in [1.29, 1.82) is 0 Å². The van der Waals surface area contributed by atoms with E-state index in [-0.39, 0.29) is 5.69 Å². The lowest BCUT2D eigenvalue weighted by Gasteiger charge is -2.04. The Kier molecular flexibility index (Phi) is 2.04. The van der Waals surface area contributed by atoms with Crippen molar-refractivity contribution < 1.29 is 8.78 Å². The van der Waals surface area contributed by atoms with Crippen LogP contribution in [0.3, 0.4) is 0 Å². The van der Waals surface area contributed by atoms with Gasteiger partial charge in [-0.3, -0.25) is 0 Å². The maximum atomic E-state index is 13.3. The minimum absolute atomic E-state index is 0.0897. The summed E-state index contributed by atoms with van der Waals surface area (Å²) in [5.41, 5.74) is 0.626. The van der Waals surface area contributed by atoms with Crippen LogP contribution in [0.15, 0.2) is 30.7 Å². The number of aromatic nitrogens is 2. The lowest BCUT2D eigenvalue weighted by atomic mass is 10.3. The molecule has 0 aliphatic heterocycles. The zero-order chi connectivity index (χ0) is 10.1. The molecule has 0 spiro atoms. The second-order valence-corrected chi connectivity index (χ2v) is 2.99. The monoisotopic (exact) mass is 194 g/mol. The fourth-order valence-corrected chi connectivity index (χ4v) is 1.28. The number of hydrogen-bond acceptors (Lipinski definition) is 1. The highest BCUT2D eigenvalue weighted by molar-refractivity contribution is 5.35. The summed E-state index contributed by atoms with van der Waals surface area (Å²) in [7, 11) is 0. The van der Waals surface area contributed by atoms with E-state index in [0.29, 0.717) is 5.69 Å². The van der Waals surface area contributed by atoms with Gasteiger partial charge in [-0.15, -0.1) is 0 Å². The summed E-state index contributed by atoms with van der Waals surface area (Å²) < 4.78 is 27.8. The molecule has 14 heavy (non-hydrogen) atoms. The van der Waals surface area contributed by atoms with Gasteiger partial charge >= 0.3 is 0 Å². The van der Waals surface area contributed by atoms with Crippen LogP contribution >= 0.6 is 0 Å². The average molecular weight is 194 g/mol. The van der Waals surface area contributed by atoms with Crippen molar-refractivity contribution in [2.24, 2.45) is 0 Å². The molecule has 0 radical (unpaired) electrons. The Labute approximate surface area is 79.8 Å². The van der Waals surface area contributed by atoms with E-state index in [1.165, 1.54) is 29.1 Å². The summed E-state index contributed by atoms with van der Waals surface area (Å²) in [4.78, 5) is 3.90. The smallest absolute Gasteiger partial charge is 0.150 e. The van der Waals surface area contributed by atoms with Gasteiger partial charge in [-0.05, 0) is 19.1 Å². The number of nitrogens with zero attached hydrogens (tertiary/aromatic N) is 2. The van der Waals surface area contributed by atoms with Crippen LogP contribution in [0.25, 0.3) is 5.69 Å². The molecule has 0 aliphatic carbocycles. The van der Waals surface area contributed by atoms with Crippen molar-refractivity contribution in [3.8, 4) is 5.69 Å². The zero-order valence-electron chi connectivity index (χ0n) is 7.54. The molecule has 0 N–H and O–H groups in total. The van der Waals surface area contributed by atoms with Crippen LogP contribution in [0, 0.1) is 18.6 Å². The van der Waals surface area contributed by atoms with Gasteiger partial charge in [-0.1, -0.05) is 6.07 Å². The average Bonchev–Trinajstić information content (AvgIpc) is 2.51. The number of rotatable bonds is 1. The first-order valence-corrected chi connectivity index (χ1v) is 4.13. The van der Waals surface area contributed by atoms with Crippen LogP contribution in [-0.4, -0.2) is 9.55 Å². The van der Waals surface area contributed by atoms with E-state index in [0.717, 1.165) is 0 Å². The number of benzene rings is 1. The van der Waals surface area contributed by atoms with E-state index < -0.39 is 11.6 Å². The molecule has 2 nitrogen and oxygen atoms in total. The van der Waals surface area contributed by atoms with Crippen molar-refractivity contribution in [3.05, 3.63) is 48.1 Å².